The lowest BCUT2D eigenvalue weighted by atomic mass is 10.0. The number of methoxy groups -OCH3 is 1. The van der Waals surface area contributed by atoms with Crippen molar-refractivity contribution in [1.29, 1.82) is 0 Å². The molecule has 2 atom stereocenters. The predicted octanol–water partition coefficient (Wildman–Crippen LogP) is -0.256. The fourth-order valence-corrected chi connectivity index (χ4v) is 1.34. The number of hydrogen-bond donors (Lipinski definition) is 4. The van der Waals surface area contributed by atoms with Gasteiger partial charge in [-0.25, -0.2) is 9.59 Å². The molecule has 98 valence electrons. The summed E-state index contributed by atoms with van der Waals surface area (Å²) in [6.45, 7) is 0. The Bertz CT molecular complexity index is 432. The van der Waals surface area contributed by atoms with Gasteiger partial charge in [0.2, 0.25) is 0 Å². The molecule has 0 aromatic heterocycles. The third-order valence-electron chi connectivity index (χ3n) is 2.26. The summed E-state index contributed by atoms with van der Waals surface area (Å²) in [5, 5.41) is 21.5. The summed E-state index contributed by atoms with van der Waals surface area (Å²) in [7, 11) is 1.11. The zero-order valence-electron chi connectivity index (χ0n) is 9.66. The average Bonchev–Trinajstić information content (AvgIpc) is 2.36. The number of primary amides is 1. The van der Waals surface area contributed by atoms with Crippen LogP contribution in [0.4, 0.5) is 10.5 Å². The summed E-state index contributed by atoms with van der Waals surface area (Å²) in [6.07, 6.45) is -3.06. The van der Waals surface area contributed by atoms with Crippen LogP contribution in [-0.4, -0.2) is 35.4 Å². The van der Waals surface area contributed by atoms with Crippen molar-refractivity contribution in [3.8, 4) is 0 Å². The van der Waals surface area contributed by atoms with Gasteiger partial charge in [0.1, 0.15) is 6.10 Å². The largest absolute Gasteiger partial charge is 0.467 e. The van der Waals surface area contributed by atoms with Crippen LogP contribution in [0, 0.1) is 0 Å². The smallest absolute Gasteiger partial charge is 0.337 e. The number of rotatable bonds is 4. The molecule has 0 radical (unpaired) electrons. The third-order valence-corrected chi connectivity index (χ3v) is 2.26. The highest BCUT2D eigenvalue weighted by Gasteiger charge is 2.26. The molecule has 0 aliphatic rings. The number of carbonyl (C=O) groups excluding carboxylic acids is 2. The fraction of sp³-hybridized carbons (Fsp3) is 0.273. The number of amides is 2. The highest BCUT2D eigenvalue weighted by Crippen LogP contribution is 2.19. The number of carbonyl (C=O) groups is 2. The molecule has 0 bridgehead atoms. The normalized spacial score (nSPS) is 13.5. The van der Waals surface area contributed by atoms with Crippen LogP contribution in [-0.2, 0) is 9.53 Å². The lowest BCUT2D eigenvalue weighted by Crippen LogP contribution is -2.29. The van der Waals surface area contributed by atoms with E-state index in [-0.39, 0.29) is 0 Å². The van der Waals surface area contributed by atoms with E-state index in [1.54, 1.807) is 0 Å². The summed E-state index contributed by atoms with van der Waals surface area (Å²) >= 11 is 0. The van der Waals surface area contributed by atoms with Crippen molar-refractivity contribution in [1.82, 2.24) is 0 Å². The van der Waals surface area contributed by atoms with E-state index in [1.165, 1.54) is 24.3 Å². The Balaban J connectivity index is 2.78. The summed E-state index contributed by atoms with van der Waals surface area (Å²) in [4.78, 5) is 21.6. The van der Waals surface area contributed by atoms with Crippen LogP contribution < -0.4 is 11.1 Å². The van der Waals surface area contributed by atoms with E-state index in [0.29, 0.717) is 11.3 Å². The SMILES string of the molecule is COC(=O)C(O)C(O)c1ccc(NC(N)=O)cc1. The second kappa shape index (κ2) is 5.99. The number of anilines is 1. The Morgan fingerprint density at radius 1 is 1.28 bits per heavy atom. The van der Waals surface area contributed by atoms with Crippen LogP contribution >= 0.6 is 0 Å². The van der Waals surface area contributed by atoms with E-state index >= 15 is 0 Å². The number of nitrogens with two attached hydrogens (primary N) is 1. The first-order valence-electron chi connectivity index (χ1n) is 5.06. The van der Waals surface area contributed by atoms with Crippen LogP contribution in [0.3, 0.4) is 0 Å². The molecule has 2 unspecified atom stereocenters. The Kier molecular flexibility index (Phi) is 4.64. The fourth-order valence-electron chi connectivity index (χ4n) is 1.34. The first-order valence-corrected chi connectivity index (χ1v) is 5.06. The number of hydrogen-bond acceptors (Lipinski definition) is 5. The van der Waals surface area contributed by atoms with Gasteiger partial charge in [-0.05, 0) is 17.7 Å². The maximum Gasteiger partial charge on any atom is 0.337 e. The highest BCUT2D eigenvalue weighted by molar-refractivity contribution is 5.87. The lowest BCUT2D eigenvalue weighted by Gasteiger charge is -2.16. The minimum atomic E-state index is -1.66. The molecule has 0 heterocycles. The first kappa shape index (κ1) is 13.9. The van der Waals surface area contributed by atoms with Gasteiger partial charge in [-0.15, -0.1) is 0 Å². The van der Waals surface area contributed by atoms with E-state index in [1.807, 2.05) is 0 Å². The lowest BCUT2D eigenvalue weighted by molar-refractivity contribution is -0.156. The molecular formula is C11H14N2O5. The van der Waals surface area contributed by atoms with Crippen molar-refractivity contribution in [2.75, 3.05) is 12.4 Å². The van der Waals surface area contributed by atoms with Gasteiger partial charge < -0.3 is 26.0 Å². The van der Waals surface area contributed by atoms with Gasteiger partial charge >= 0.3 is 12.0 Å². The number of urea groups is 1. The van der Waals surface area contributed by atoms with E-state index in [2.05, 4.69) is 10.1 Å². The molecule has 2 amide bonds. The Morgan fingerprint density at radius 2 is 1.83 bits per heavy atom. The molecule has 7 nitrogen and oxygen atoms in total. The van der Waals surface area contributed by atoms with Crippen LogP contribution in [0.5, 0.6) is 0 Å². The van der Waals surface area contributed by atoms with Crippen LogP contribution in [0.2, 0.25) is 0 Å². The van der Waals surface area contributed by atoms with Crippen molar-refractivity contribution < 1.29 is 24.5 Å². The molecule has 1 aromatic carbocycles. The maximum absolute atomic E-state index is 11.0. The zero-order valence-corrected chi connectivity index (χ0v) is 9.66. The van der Waals surface area contributed by atoms with E-state index in [9.17, 15) is 19.8 Å². The number of aliphatic hydroxyl groups excluding tert-OH is 2. The maximum atomic E-state index is 11.0. The monoisotopic (exact) mass is 254 g/mol. The average molecular weight is 254 g/mol. The summed E-state index contributed by atoms with van der Waals surface area (Å²) in [5.41, 5.74) is 5.67. The Hall–Kier alpha value is -2.12. The summed E-state index contributed by atoms with van der Waals surface area (Å²) in [5.74, 6) is -0.929. The number of esters is 1. The Morgan fingerprint density at radius 3 is 2.28 bits per heavy atom. The van der Waals surface area contributed by atoms with Gasteiger partial charge in [0.25, 0.3) is 0 Å². The van der Waals surface area contributed by atoms with Crippen LogP contribution in [0.1, 0.15) is 11.7 Å². The van der Waals surface area contributed by atoms with Crippen molar-refractivity contribution >= 4 is 17.7 Å². The molecule has 7 heteroatoms. The molecule has 0 spiro atoms. The predicted molar refractivity (Wildman–Crippen MR) is 62.6 cm³/mol. The quantitative estimate of drug-likeness (QED) is 0.552. The molecule has 0 saturated heterocycles. The molecule has 5 N–H and O–H groups in total. The van der Waals surface area contributed by atoms with Gasteiger partial charge in [-0.3, -0.25) is 0 Å². The number of ether oxygens (including phenoxy) is 1. The molecule has 0 aliphatic heterocycles. The van der Waals surface area contributed by atoms with E-state index in [0.717, 1.165) is 7.11 Å². The number of aliphatic hydroxyl groups is 2. The number of nitrogens with one attached hydrogen (secondary N) is 1. The van der Waals surface area contributed by atoms with E-state index < -0.39 is 24.2 Å². The third kappa shape index (κ3) is 3.44. The van der Waals surface area contributed by atoms with Gasteiger partial charge in [-0.2, -0.15) is 0 Å². The molecular weight excluding hydrogens is 240 g/mol. The van der Waals surface area contributed by atoms with Crippen molar-refractivity contribution in [2.45, 2.75) is 12.2 Å². The molecule has 0 fully saturated rings. The zero-order chi connectivity index (χ0) is 13.7. The van der Waals surface area contributed by atoms with Crippen molar-refractivity contribution in [3.63, 3.8) is 0 Å². The van der Waals surface area contributed by atoms with Crippen LogP contribution in [0.25, 0.3) is 0 Å². The molecule has 1 rings (SSSR count). The highest BCUT2D eigenvalue weighted by atomic mass is 16.5. The van der Waals surface area contributed by atoms with Gasteiger partial charge in [0.15, 0.2) is 6.10 Å². The molecule has 1 aromatic rings. The summed E-state index contributed by atoms with van der Waals surface area (Å²) < 4.78 is 4.31. The summed E-state index contributed by atoms with van der Waals surface area (Å²) in [6, 6.07) is 5.14. The second-order valence-electron chi connectivity index (χ2n) is 3.52. The minimum absolute atomic E-state index is 0.308. The van der Waals surface area contributed by atoms with E-state index in [4.69, 9.17) is 5.73 Å². The molecule has 0 saturated carbocycles. The van der Waals surface area contributed by atoms with Crippen molar-refractivity contribution in [3.05, 3.63) is 29.8 Å². The topological polar surface area (TPSA) is 122 Å². The Labute approximate surface area is 103 Å². The molecule has 18 heavy (non-hydrogen) atoms. The van der Waals surface area contributed by atoms with Gasteiger partial charge in [-0.1, -0.05) is 12.1 Å². The standard InChI is InChI=1S/C11H14N2O5/c1-18-10(16)9(15)8(14)6-2-4-7(5-3-6)13-11(12)17/h2-5,8-9,14-15H,1H3,(H3,12,13,17). The first-order chi connectivity index (χ1) is 8.45. The minimum Gasteiger partial charge on any atom is -0.467 e. The van der Waals surface area contributed by atoms with Gasteiger partial charge in [0, 0.05) is 5.69 Å². The van der Waals surface area contributed by atoms with Crippen molar-refractivity contribution in [2.24, 2.45) is 5.73 Å². The number of benzene rings is 1. The van der Waals surface area contributed by atoms with Crippen LogP contribution in [0.15, 0.2) is 24.3 Å². The van der Waals surface area contributed by atoms with Gasteiger partial charge in [0.05, 0.1) is 7.11 Å². The second-order valence-corrected chi connectivity index (χ2v) is 3.52. The molecule has 0 aliphatic carbocycles.